The van der Waals surface area contributed by atoms with E-state index in [1.54, 1.807) is 0 Å². The van der Waals surface area contributed by atoms with Crippen LogP contribution in [0.4, 0.5) is 5.69 Å². The average Bonchev–Trinajstić information content (AvgIpc) is 2.51. The molecule has 128 valence electrons. The maximum atomic E-state index is 6.09. The van der Waals surface area contributed by atoms with Crippen LogP contribution in [-0.4, -0.2) is 11.8 Å². The average molecular weight is 455 g/mol. The number of anilines is 1. The Morgan fingerprint density at radius 3 is 2.54 bits per heavy atom. The summed E-state index contributed by atoms with van der Waals surface area (Å²) in [6, 6.07) is 10.3. The van der Waals surface area contributed by atoms with Crippen LogP contribution in [0.1, 0.15) is 29.2 Å². The molecule has 0 aliphatic heterocycles. The Morgan fingerprint density at radius 2 is 1.83 bits per heavy atom. The van der Waals surface area contributed by atoms with Gasteiger partial charge in [-0.15, -0.1) is 0 Å². The summed E-state index contributed by atoms with van der Waals surface area (Å²) >= 11 is 7.50. The number of thiocarbonyl (C=S) groups is 1. The van der Waals surface area contributed by atoms with Crippen molar-refractivity contribution < 1.29 is 9.47 Å². The number of halogens is 1. The third-order valence-electron chi connectivity index (χ3n) is 3.79. The lowest BCUT2D eigenvalue weighted by molar-refractivity contribution is 0.303. The first-order valence-corrected chi connectivity index (χ1v) is 9.33. The lowest BCUT2D eigenvalue weighted by Crippen LogP contribution is -2.15. The summed E-state index contributed by atoms with van der Waals surface area (Å²) < 4.78 is 12.5. The fraction of sp³-hybridized carbons (Fsp3) is 0.316. The number of hydrogen-bond donors (Lipinski definition) is 1. The Bertz CT molecular complexity index is 746. The minimum Gasteiger partial charge on any atom is -0.489 e. The van der Waals surface area contributed by atoms with Gasteiger partial charge in [-0.1, -0.05) is 12.1 Å². The fourth-order valence-electron chi connectivity index (χ4n) is 2.34. The van der Waals surface area contributed by atoms with Crippen LogP contribution >= 0.6 is 34.8 Å². The van der Waals surface area contributed by atoms with Crippen molar-refractivity contribution in [2.45, 2.75) is 34.3 Å². The van der Waals surface area contributed by atoms with Gasteiger partial charge in [-0.05, 0) is 97.4 Å². The van der Waals surface area contributed by atoms with Crippen LogP contribution in [0.3, 0.4) is 0 Å². The molecule has 0 radical (unpaired) electrons. The number of aryl methyl sites for hydroxylation is 3. The Balaban J connectivity index is 2.20. The van der Waals surface area contributed by atoms with Gasteiger partial charge in [-0.3, -0.25) is 0 Å². The van der Waals surface area contributed by atoms with Crippen LogP contribution in [0.25, 0.3) is 0 Å². The standard InChI is InChI=1S/C19H22INO2S/c1-5-22-19(24)21-17-8-6-7-16(20)15(17)11-23-18-10-13(3)12(2)9-14(18)4/h6-10H,5,11H2,1-4H3,(H,21,24). The monoisotopic (exact) mass is 455 g/mol. The lowest BCUT2D eigenvalue weighted by Gasteiger charge is -2.16. The van der Waals surface area contributed by atoms with Gasteiger partial charge in [0, 0.05) is 14.8 Å². The molecule has 0 saturated heterocycles. The summed E-state index contributed by atoms with van der Waals surface area (Å²) in [5.41, 5.74) is 5.63. The summed E-state index contributed by atoms with van der Waals surface area (Å²) in [5.74, 6) is 0.913. The zero-order chi connectivity index (χ0) is 17.7. The molecule has 24 heavy (non-hydrogen) atoms. The number of hydrogen-bond acceptors (Lipinski definition) is 3. The molecule has 0 unspecified atom stereocenters. The highest BCUT2D eigenvalue weighted by Gasteiger charge is 2.11. The van der Waals surface area contributed by atoms with Crippen molar-refractivity contribution in [2.75, 3.05) is 11.9 Å². The van der Waals surface area contributed by atoms with Gasteiger partial charge in [-0.25, -0.2) is 0 Å². The van der Waals surface area contributed by atoms with Crippen LogP contribution in [0, 0.1) is 24.3 Å². The van der Waals surface area contributed by atoms with E-state index >= 15 is 0 Å². The van der Waals surface area contributed by atoms with E-state index in [4.69, 9.17) is 21.7 Å². The Labute approximate surface area is 162 Å². The second-order valence-electron chi connectivity index (χ2n) is 5.60. The highest BCUT2D eigenvalue weighted by Crippen LogP contribution is 2.27. The highest BCUT2D eigenvalue weighted by molar-refractivity contribution is 14.1. The largest absolute Gasteiger partial charge is 0.489 e. The van der Waals surface area contributed by atoms with Gasteiger partial charge in [0.25, 0.3) is 5.17 Å². The normalized spacial score (nSPS) is 10.4. The molecule has 0 bridgehead atoms. The van der Waals surface area contributed by atoms with E-state index in [0.717, 1.165) is 26.1 Å². The smallest absolute Gasteiger partial charge is 0.261 e. The van der Waals surface area contributed by atoms with Gasteiger partial charge >= 0.3 is 0 Å². The molecule has 0 aromatic heterocycles. The first-order chi connectivity index (χ1) is 11.4. The van der Waals surface area contributed by atoms with E-state index in [1.165, 1.54) is 11.1 Å². The maximum absolute atomic E-state index is 6.09. The van der Waals surface area contributed by atoms with Crippen molar-refractivity contribution >= 4 is 45.7 Å². The third kappa shape index (κ3) is 4.83. The molecule has 2 aromatic rings. The molecule has 2 rings (SSSR count). The van der Waals surface area contributed by atoms with Crippen LogP contribution in [-0.2, 0) is 11.3 Å². The zero-order valence-electron chi connectivity index (χ0n) is 14.4. The van der Waals surface area contributed by atoms with E-state index in [9.17, 15) is 0 Å². The predicted molar refractivity (Wildman–Crippen MR) is 112 cm³/mol. The minimum absolute atomic E-state index is 0.378. The summed E-state index contributed by atoms with van der Waals surface area (Å²) in [4.78, 5) is 0. The van der Waals surface area contributed by atoms with E-state index in [-0.39, 0.29) is 0 Å². The number of benzene rings is 2. The quantitative estimate of drug-likeness (QED) is 0.475. The minimum atomic E-state index is 0.378. The molecule has 0 fully saturated rings. The Hall–Kier alpha value is -1.34. The molecule has 0 atom stereocenters. The number of rotatable bonds is 5. The molecular formula is C19H22INO2S. The molecule has 0 saturated carbocycles. The first-order valence-electron chi connectivity index (χ1n) is 7.84. The van der Waals surface area contributed by atoms with E-state index in [0.29, 0.717) is 18.4 Å². The topological polar surface area (TPSA) is 30.5 Å². The molecule has 5 heteroatoms. The molecule has 1 N–H and O–H groups in total. The van der Waals surface area contributed by atoms with E-state index in [1.807, 2.05) is 19.1 Å². The predicted octanol–water partition coefficient (Wildman–Crippen LogP) is 5.53. The molecule has 2 aromatic carbocycles. The number of nitrogens with one attached hydrogen (secondary N) is 1. The molecule has 0 aliphatic rings. The molecule has 0 amide bonds. The molecule has 0 aliphatic carbocycles. The summed E-state index contributed by atoms with van der Waals surface area (Å²) in [6.07, 6.45) is 0. The SMILES string of the molecule is CCOC(=S)Nc1cccc(I)c1COc1cc(C)c(C)cc1C. The van der Waals surface area contributed by atoms with Crippen molar-refractivity contribution in [3.8, 4) is 5.75 Å². The maximum Gasteiger partial charge on any atom is 0.261 e. The van der Waals surface area contributed by atoms with Crippen LogP contribution in [0.15, 0.2) is 30.3 Å². The third-order valence-corrected chi connectivity index (χ3v) is 5.02. The second kappa shape index (κ2) is 8.67. The van der Waals surface area contributed by atoms with Crippen molar-refractivity contribution in [3.63, 3.8) is 0 Å². The summed E-state index contributed by atoms with van der Waals surface area (Å²) in [7, 11) is 0. The van der Waals surface area contributed by atoms with E-state index in [2.05, 4.69) is 66.9 Å². The number of ether oxygens (including phenoxy) is 2. The lowest BCUT2D eigenvalue weighted by atomic mass is 10.1. The van der Waals surface area contributed by atoms with Crippen LogP contribution in [0.2, 0.25) is 0 Å². The fourth-order valence-corrected chi connectivity index (χ4v) is 3.22. The van der Waals surface area contributed by atoms with Gasteiger partial charge in [-0.2, -0.15) is 0 Å². The van der Waals surface area contributed by atoms with Crippen LogP contribution in [0.5, 0.6) is 5.75 Å². The van der Waals surface area contributed by atoms with Gasteiger partial charge in [0.2, 0.25) is 0 Å². The molecular weight excluding hydrogens is 433 g/mol. The van der Waals surface area contributed by atoms with Crippen molar-refractivity contribution in [2.24, 2.45) is 0 Å². The van der Waals surface area contributed by atoms with Crippen molar-refractivity contribution in [1.29, 1.82) is 0 Å². The molecule has 0 spiro atoms. The van der Waals surface area contributed by atoms with Gasteiger partial charge in [0.15, 0.2) is 0 Å². The molecule has 0 heterocycles. The first kappa shape index (κ1) is 19.0. The second-order valence-corrected chi connectivity index (χ2v) is 7.14. The van der Waals surface area contributed by atoms with E-state index < -0.39 is 0 Å². The zero-order valence-corrected chi connectivity index (χ0v) is 17.4. The molecule has 3 nitrogen and oxygen atoms in total. The highest BCUT2D eigenvalue weighted by atomic mass is 127. The van der Waals surface area contributed by atoms with Crippen LogP contribution < -0.4 is 10.1 Å². The summed E-state index contributed by atoms with van der Waals surface area (Å²) in [6.45, 7) is 9.21. The summed E-state index contributed by atoms with van der Waals surface area (Å²) in [5, 5.41) is 3.53. The van der Waals surface area contributed by atoms with Gasteiger partial charge in [0.1, 0.15) is 12.4 Å². The Kier molecular flexibility index (Phi) is 6.86. The Morgan fingerprint density at radius 1 is 1.12 bits per heavy atom. The van der Waals surface area contributed by atoms with Gasteiger partial charge in [0.05, 0.1) is 6.61 Å². The van der Waals surface area contributed by atoms with Crippen molar-refractivity contribution in [1.82, 2.24) is 0 Å². The van der Waals surface area contributed by atoms with Crippen molar-refractivity contribution in [3.05, 3.63) is 56.2 Å². The van der Waals surface area contributed by atoms with Gasteiger partial charge < -0.3 is 14.8 Å².